The molecule has 1 aromatic carbocycles. The molecule has 0 aliphatic heterocycles. The number of hydrogen-bond acceptors (Lipinski definition) is 5. The Morgan fingerprint density at radius 1 is 1.30 bits per heavy atom. The van der Waals surface area contributed by atoms with E-state index in [0.29, 0.717) is 11.6 Å². The minimum absolute atomic E-state index is 0.0426. The summed E-state index contributed by atoms with van der Waals surface area (Å²) in [5.74, 6) is 0.943. The van der Waals surface area contributed by atoms with Gasteiger partial charge in [-0.25, -0.2) is 9.97 Å². The van der Waals surface area contributed by atoms with E-state index in [1.54, 1.807) is 12.1 Å². The van der Waals surface area contributed by atoms with Gasteiger partial charge >= 0.3 is 0 Å². The molecule has 0 saturated carbocycles. The Morgan fingerprint density at radius 3 is 2.50 bits per heavy atom. The monoisotopic (exact) mass is 384 g/mol. The SMILES string of the molecule is CCCc1nc(-c2ccc([N+](=O)[O-])cc2)nc(N)c1I. The molecule has 0 spiro atoms. The molecule has 20 heavy (non-hydrogen) atoms. The second kappa shape index (κ2) is 6.12. The molecule has 6 nitrogen and oxygen atoms in total. The van der Waals surface area contributed by atoms with Crippen LogP contribution in [0.25, 0.3) is 11.4 Å². The van der Waals surface area contributed by atoms with Crippen molar-refractivity contribution in [1.29, 1.82) is 0 Å². The normalized spacial score (nSPS) is 10.5. The van der Waals surface area contributed by atoms with Crippen LogP contribution in [0, 0.1) is 13.7 Å². The molecule has 7 heteroatoms. The molecule has 0 saturated heterocycles. The van der Waals surface area contributed by atoms with Gasteiger partial charge in [0.15, 0.2) is 5.82 Å². The Labute approximate surface area is 129 Å². The van der Waals surface area contributed by atoms with Gasteiger partial charge in [-0.15, -0.1) is 0 Å². The number of non-ortho nitro benzene ring substituents is 1. The average molecular weight is 384 g/mol. The van der Waals surface area contributed by atoms with Crippen LogP contribution in [0.3, 0.4) is 0 Å². The Bertz CT molecular complexity index is 644. The number of benzene rings is 1. The molecule has 0 atom stereocenters. The van der Waals surface area contributed by atoms with Crippen LogP contribution >= 0.6 is 22.6 Å². The van der Waals surface area contributed by atoms with Crippen LogP contribution in [-0.2, 0) is 6.42 Å². The lowest BCUT2D eigenvalue weighted by atomic mass is 10.1. The fraction of sp³-hybridized carbons (Fsp3) is 0.231. The maximum atomic E-state index is 10.6. The minimum atomic E-state index is -0.435. The van der Waals surface area contributed by atoms with E-state index in [1.807, 2.05) is 0 Å². The van der Waals surface area contributed by atoms with E-state index in [2.05, 4.69) is 39.5 Å². The molecule has 0 aliphatic carbocycles. The number of aromatic nitrogens is 2. The third-order valence-electron chi connectivity index (χ3n) is 2.77. The molecule has 0 unspecified atom stereocenters. The van der Waals surface area contributed by atoms with Crippen molar-refractivity contribution in [2.24, 2.45) is 0 Å². The van der Waals surface area contributed by atoms with Crippen LogP contribution in [0.1, 0.15) is 19.0 Å². The van der Waals surface area contributed by atoms with Crippen LogP contribution in [0.2, 0.25) is 0 Å². The molecule has 0 aliphatic rings. The van der Waals surface area contributed by atoms with E-state index in [1.165, 1.54) is 12.1 Å². The second-order valence-electron chi connectivity index (χ2n) is 4.25. The first kappa shape index (κ1) is 14.6. The molecule has 2 aromatic rings. The summed E-state index contributed by atoms with van der Waals surface area (Å²) in [4.78, 5) is 19.0. The van der Waals surface area contributed by atoms with Gasteiger partial charge in [-0.2, -0.15) is 0 Å². The van der Waals surface area contributed by atoms with E-state index in [9.17, 15) is 10.1 Å². The first-order chi connectivity index (χ1) is 9.52. The number of nitro groups is 1. The van der Waals surface area contributed by atoms with Crippen LogP contribution in [0.5, 0.6) is 0 Å². The average Bonchev–Trinajstić information content (AvgIpc) is 2.44. The molecule has 0 amide bonds. The van der Waals surface area contributed by atoms with Crippen LogP contribution in [-0.4, -0.2) is 14.9 Å². The van der Waals surface area contributed by atoms with Gasteiger partial charge in [0.05, 0.1) is 14.2 Å². The second-order valence-corrected chi connectivity index (χ2v) is 5.33. The number of hydrogen-bond donors (Lipinski definition) is 1. The lowest BCUT2D eigenvalue weighted by Gasteiger charge is -2.08. The quantitative estimate of drug-likeness (QED) is 0.496. The fourth-order valence-electron chi connectivity index (χ4n) is 1.78. The minimum Gasteiger partial charge on any atom is -0.383 e. The van der Waals surface area contributed by atoms with Gasteiger partial charge in [0.2, 0.25) is 0 Å². The van der Waals surface area contributed by atoms with Crippen molar-refractivity contribution >= 4 is 34.1 Å². The highest BCUT2D eigenvalue weighted by Gasteiger charge is 2.12. The number of rotatable bonds is 4. The van der Waals surface area contributed by atoms with E-state index < -0.39 is 4.92 Å². The molecule has 1 aromatic heterocycles. The van der Waals surface area contributed by atoms with Crippen molar-refractivity contribution < 1.29 is 4.92 Å². The number of anilines is 1. The summed E-state index contributed by atoms with van der Waals surface area (Å²) < 4.78 is 0.870. The van der Waals surface area contributed by atoms with Gasteiger partial charge in [-0.1, -0.05) is 13.3 Å². The first-order valence-electron chi connectivity index (χ1n) is 6.09. The zero-order chi connectivity index (χ0) is 14.7. The Kier molecular flexibility index (Phi) is 4.48. The first-order valence-corrected chi connectivity index (χ1v) is 7.17. The van der Waals surface area contributed by atoms with E-state index in [-0.39, 0.29) is 5.69 Å². The zero-order valence-corrected chi connectivity index (χ0v) is 13.0. The van der Waals surface area contributed by atoms with Gasteiger partial charge in [-0.3, -0.25) is 10.1 Å². The van der Waals surface area contributed by atoms with Crippen molar-refractivity contribution in [3.8, 4) is 11.4 Å². The Morgan fingerprint density at radius 2 is 1.95 bits per heavy atom. The third kappa shape index (κ3) is 3.03. The summed E-state index contributed by atoms with van der Waals surface area (Å²) in [6.45, 7) is 2.07. The van der Waals surface area contributed by atoms with Gasteiger partial charge in [0.1, 0.15) is 5.82 Å². The summed E-state index contributed by atoms with van der Waals surface area (Å²) >= 11 is 2.14. The summed E-state index contributed by atoms with van der Waals surface area (Å²) in [6, 6.07) is 6.14. The summed E-state index contributed by atoms with van der Waals surface area (Å²) in [5.41, 5.74) is 7.57. The smallest absolute Gasteiger partial charge is 0.269 e. The number of nitro benzene ring substituents is 1. The standard InChI is InChI=1S/C13H13IN4O2/c1-2-3-10-11(14)12(15)17-13(16-10)8-4-6-9(7-5-8)18(19)20/h4-7H,2-3H2,1H3,(H2,15,16,17). The van der Waals surface area contributed by atoms with E-state index in [0.717, 1.165) is 27.7 Å². The van der Waals surface area contributed by atoms with Gasteiger partial charge in [0.25, 0.3) is 5.69 Å². The van der Waals surface area contributed by atoms with Crippen molar-refractivity contribution in [3.63, 3.8) is 0 Å². The van der Waals surface area contributed by atoms with E-state index >= 15 is 0 Å². The van der Waals surface area contributed by atoms with Crippen LogP contribution in [0.4, 0.5) is 11.5 Å². The van der Waals surface area contributed by atoms with Crippen LogP contribution in [0.15, 0.2) is 24.3 Å². The maximum Gasteiger partial charge on any atom is 0.269 e. The highest BCUT2D eigenvalue weighted by molar-refractivity contribution is 14.1. The summed E-state index contributed by atoms with van der Waals surface area (Å²) in [6.07, 6.45) is 1.79. The van der Waals surface area contributed by atoms with Crippen molar-refractivity contribution in [1.82, 2.24) is 9.97 Å². The van der Waals surface area contributed by atoms with Crippen molar-refractivity contribution in [3.05, 3.63) is 43.6 Å². The lowest BCUT2D eigenvalue weighted by molar-refractivity contribution is -0.384. The third-order valence-corrected chi connectivity index (χ3v) is 3.94. The van der Waals surface area contributed by atoms with Gasteiger partial charge < -0.3 is 5.73 Å². The zero-order valence-electron chi connectivity index (χ0n) is 10.8. The number of nitrogens with two attached hydrogens (primary N) is 1. The highest BCUT2D eigenvalue weighted by Crippen LogP contribution is 2.24. The number of nitrogen functional groups attached to an aromatic ring is 1. The molecule has 0 bridgehead atoms. The number of nitrogens with zero attached hydrogens (tertiary/aromatic N) is 3. The largest absolute Gasteiger partial charge is 0.383 e. The van der Waals surface area contributed by atoms with Crippen molar-refractivity contribution in [2.45, 2.75) is 19.8 Å². The topological polar surface area (TPSA) is 94.9 Å². The molecule has 2 rings (SSSR count). The van der Waals surface area contributed by atoms with Crippen LogP contribution < -0.4 is 5.73 Å². The Balaban J connectivity index is 2.44. The number of halogens is 1. The van der Waals surface area contributed by atoms with Gasteiger partial charge in [-0.05, 0) is 41.1 Å². The fourth-order valence-corrected chi connectivity index (χ4v) is 2.29. The summed E-state index contributed by atoms with van der Waals surface area (Å²) in [7, 11) is 0. The predicted molar refractivity (Wildman–Crippen MR) is 85.2 cm³/mol. The molecular weight excluding hydrogens is 371 g/mol. The molecular formula is C13H13IN4O2. The lowest BCUT2D eigenvalue weighted by Crippen LogP contribution is -2.05. The Hall–Kier alpha value is -1.77. The van der Waals surface area contributed by atoms with E-state index in [4.69, 9.17) is 5.73 Å². The molecule has 0 fully saturated rings. The maximum absolute atomic E-state index is 10.6. The van der Waals surface area contributed by atoms with Gasteiger partial charge in [0, 0.05) is 17.7 Å². The number of aryl methyl sites for hydroxylation is 1. The predicted octanol–water partition coefficient (Wildman–Crippen LogP) is 3.19. The molecule has 1 heterocycles. The van der Waals surface area contributed by atoms with Crippen molar-refractivity contribution in [2.75, 3.05) is 5.73 Å². The molecule has 104 valence electrons. The molecule has 0 radical (unpaired) electrons. The highest BCUT2D eigenvalue weighted by atomic mass is 127. The summed E-state index contributed by atoms with van der Waals surface area (Å²) in [5, 5.41) is 10.6. The molecule has 2 N–H and O–H groups in total.